The van der Waals surface area contributed by atoms with Crippen LogP contribution in [0.15, 0.2) is 0 Å². The second-order valence-corrected chi connectivity index (χ2v) is 9.58. The van der Waals surface area contributed by atoms with Crippen molar-refractivity contribution in [3.63, 3.8) is 0 Å². The van der Waals surface area contributed by atoms with Gasteiger partial charge >= 0.3 is 179 Å². The van der Waals surface area contributed by atoms with E-state index < -0.39 is 18.4 Å². The van der Waals surface area contributed by atoms with Gasteiger partial charge in [-0.15, -0.1) is 0 Å². The third-order valence-corrected chi connectivity index (χ3v) is 6.97. The molecule has 0 spiro atoms. The molecule has 0 aromatic heterocycles. The van der Waals surface area contributed by atoms with Gasteiger partial charge < -0.3 is 10.2 Å². The summed E-state index contributed by atoms with van der Waals surface area (Å²) in [6, 6.07) is 0. The quantitative estimate of drug-likeness (QED) is 0.109. The van der Waals surface area contributed by atoms with Crippen molar-refractivity contribution in [3.8, 4) is 0 Å². The first-order valence-corrected chi connectivity index (χ1v) is 14.3. The van der Waals surface area contributed by atoms with Crippen molar-refractivity contribution < 1.29 is 19.8 Å². The Hall–Kier alpha value is -0.0600. The number of carboxylic acid groups (broad SMARTS) is 2. The van der Waals surface area contributed by atoms with Gasteiger partial charge in [-0.1, -0.05) is 0 Å². The fourth-order valence-electron chi connectivity index (χ4n) is 3.82. The summed E-state index contributed by atoms with van der Waals surface area (Å²) in [5.41, 5.74) is 0. The summed E-state index contributed by atoms with van der Waals surface area (Å²) < 4.78 is 1.55. The van der Waals surface area contributed by atoms with E-state index in [1.807, 2.05) is 0 Å². The first kappa shape index (κ1) is 32.1. The summed E-state index contributed by atoms with van der Waals surface area (Å²) in [5.74, 6) is -1.54. The SMILES string of the molecule is CCCCCCCCCCC([CH2][Na])CCCCCCCCCC.O=C(O)CC(=O)O. The predicted molar refractivity (Wildman–Crippen MR) is 128 cm³/mol. The normalized spacial score (nSPS) is 10.7. The standard InChI is InChI=1S/C22H45.C3H4O4.Na/c1-4-6-8-10-12-14-16-18-20-22(3)21-19-17-15-13-11-9-7-5-2;4-2(5)1-3(6)7;/h22H,3-21H2,1-2H3;1H2,(H,4,5)(H,6,7);. The average molecular weight is 437 g/mol. The molecular weight excluding hydrogens is 387 g/mol. The minimum absolute atomic E-state index is 0.806. The molecule has 0 saturated carbocycles. The molecule has 30 heavy (non-hydrogen) atoms. The first-order chi connectivity index (χ1) is 14.5. The number of hydrogen-bond acceptors (Lipinski definition) is 2. The van der Waals surface area contributed by atoms with Crippen molar-refractivity contribution in [2.45, 2.75) is 140 Å². The van der Waals surface area contributed by atoms with E-state index in [-0.39, 0.29) is 0 Å². The first-order valence-electron chi connectivity index (χ1n) is 12.9. The van der Waals surface area contributed by atoms with Crippen LogP contribution < -0.4 is 0 Å². The van der Waals surface area contributed by atoms with E-state index in [0.717, 1.165) is 5.92 Å². The molecule has 0 bridgehead atoms. The van der Waals surface area contributed by atoms with Gasteiger partial charge in [0.25, 0.3) is 0 Å². The van der Waals surface area contributed by atoms with Crippen LogP contribution in [0, 0.1) is 5.92 Å². The van der Waals surface area contributed by atoms with E-state index in [1.54, 1.807) is 3.67 Å². The summed E-state index contributed by atoms with van der Waals surface area (Å²) in [4.78, 5) is 18.9. The second-order valence-electron chi connectivity index (χ2n) is 8.77. The maximum atomic E-state index is 9.43. The molecule has 0 aliphatic heterocycles. The van der Waals surface area contributed by atoms with Crippen LogP contribution in [0.5, 0.6) is 0 Å². The van der Waals surface area contributed by atoms with Gasteiger partial charge in [0.1, 0.15) is 6.42 Å². The minimum Gasteiger partial charge on any atom is -0.481 e. The topological polar surface area (TPSA) is 74.6 Å². The van der Waals surface area contributed by atoms with Gasteiger partial charge in [0.2, 0.25) is 0 Å². The van der Waals surface area contributed by atoms with Crippen molar-refractivity contribution in [2.75, 3.05) is 0 Å². The summed E-state index contributed by atoms with van der Waals surface area (Å²) in [5, 5.41) is 15.4. The van der Waals surface area contributed by atoms with E-state index in [4.69, 9.17) is 10.2 Å². The predicted octanol–water partition coefficient (Wildman–Crippen LogP) is 7.80. The van der Waals surface area contributed by atoms with Crippen molar-refractivity contribution in [1.29, 1.82) is 0 Å². The molecule has 4 nitrogen and oxygen atoms in total. The molecule has 0 aromatic rings. The summed E-state index contributed by atoms with van der Waals surface area (Å²) in [6.07, 6.45) is 25.8. The van der Waals surface area contributed by atoms with Gasteiger partial charge in [0, 0.05) is 0 Å². The number of hydrogen-bond donors (Lipinski definition) is 2. The molecule has 0 aliphatic rings. The third kappa shape index (κ3) is 30.1. The van der Waals surface area contributed by atoms with E-state index in [1.165, 1.54) is 144 Å². The van der Waals surface area contributed by atoms with Crippen molar-refractivity contribution in [1.82, 2.24) is 0 Å². The fourth-order valence-corrected chi connectivity index (χ4v) is 4.63. The van der Waals surface area contributed by atoms with Crippen LogP contribution in [-0.4, -0.2) is 50.1 Å². The Kier molecular flexibility index (Phi) is 28.9. The third-order valence-electron chi connectivity index (χ3n) is 5.81. The average Bonchev–Trinajstić information content (AvgIpc) is 2.69. The molecule has 0 atom stereocenters. The molecule has 0 aliphatic carbocycles. The molecule has 0 rings (SSSR count). The van der Waals surface area contributed by atoms with Crippen LogP contribution in [-0.2, 0) is 9.59 Å². The number of carbonyl (C=O) groups is 2. The molecular formula is C25H49NaO4. The Balaban J connectivity index is 0. The zero-order valence-electron chi connectivity index (χ0n) is 20.4. The molecule has 0 unspecified atom stereocenters. The summed E-state index contributed by atoms with van der Waals surface area (Å²) in [6.45, 7) is 4.61. The van der Waals surface area contributed by atoms with Crippen molar-refractivity contribution in [3.05, 3.63) is 0 Å². The van der Waals surface area contributed by atoms with Crippen LogP contribution in [0.4, 0.5) is 0 Å². The Bertz CT molecular complexity index is 342. The van der Waals surface area contributed by atoms with Crippen molar-refractivity contribution in [2.24, 2.45) is 5.92 Å². The Morgan fingerprint density at radius 1 is 0.600 bits per heavy atom. The molecule has 5 heteroatoms. The van der Waals surface area contributed by atoms with Crippen LogP contribution in [0.2, 0.25) is 3.67 Å². The number of aliphatic carboxylic acids is 2. The number of rotatable bonds is 21. The molecule has 174 valence electrons. The van der Waals surface area contributed by atoms with Gasteiger partial charge in [-0.2, -0.15) is 0 Å². The smallest absolute Gasteiger partial charge is 0.481 e. The summed E-state index contributed by atoms with van der Waals surface area (Å²) in [7, 11) is 0. The van der Waals surface area contributed by atoms with Crippen molar-refractivity contribution >= 4 is 39.9 Å². The van der Waals surface area contributed by atoms with Crippen LogP contribution in [0.25, 0.3) is 0 Å². The summed E-state index contributed by atoms with van der Waals surface area (Å²) >= 11 is 1.41. The maximum absolute atomic E-state index is 9.43. The van der Waals surface area contributed by atoms with E-state index in [9.17, 15) is 9.59 Å². The Morgan fingerprint density at radius 3 is 1.13 bits per heavy atom. The Morgan fingerprint density at radius 2 is 0.900 bits per heavy atom. The zero-order valence-corrected chi connectivity index (χ0v) is 22.4. The molecule has 2 N–H and O–H groups in total. The molecule has 0 aromatic carbocycles. The molecule has 0 fully saturated rings. The molecule has 0 amide bonds. The zero-order chi connectivity index (χ0) is 22.9. The van der Waals surface area contributed by atoms with Gasteiger partial charge in [0.05, 0.1) is 0 Å². The van der Waals surface area contributed by atoms with E-state index >= 15 is 0 Å². The monoisotopic (exact) mass is 436 g/mol. The van der Waals surface area contributed by atoms with Crippen LogP contribution >= 0.6 is 0 Å². The van der Waals surface area contributed by atoms with Gasteiger partial charge in [-0.25, -0.2) is 0 Å². The van der Waals surface area contributed by atoms with E-state index in [2.05, 4.69) is 13.8 Å². The number of unbranched alkanes of at least 4 members (excludes halogenated alkanes) is 14. The van der Waals surface area contributed by atoms with Gasteiger partial charge in [-0.05, 0) is 0 Å². The molecule has 0 heterocycles. The second kappa shape index (κ2) is 27.0. The molecule has 0 radical (unpaired) electrons. The van der Waals surface area contributed by atoms with E-state index in [0.29, 0.717) is 0 Å². The number of carboxylic acids is 2. The Labute approximate surface area is 204 Å². The van der Waals surface area contributed by atoms with Gasteiger partial charge in [-0.3, -0.25) is 9.59 Å². The fraction of sp³-hybridized carbons (Fsp3) is 0.920. The minimum atomic E-state index is -1.31. The van der Waals surface area contributed by atoms with Crippen LogP contribution in [0.1, 0.15) is 136 Å². The molecule has 0 saturated heterocycles. The van der Waals surface area contributed by atoms with Crippen LogP contribution in [0.3, 0.4) is 0 Å². The van der Waals surface area contributed by atoms with Gasteiger partial charge in [0.15, 0.2) is 0 Å².